The van der Waals surface area contributed by atoms with Crippen molar-refractivity contribution in [1.29, 1.82) is 5.26 Å². The van der Waals surface area contributed by atoms with E-state index in [1.165, 1.54) is 12.8 Å². The summed E-state index contributed by atoms with van der Waals surface area (Å²) in [4.78, 5) is 12.8. The zero-order valence-corrected chi connectivity index (χ0v) is 17.2. The molecule has 4 aliphatic rings. The van der Waals surface area contributed by atoms with Crippen molar-refractivity contribution >= 4 is 17.5 Å². The van der Waals surface area contributed by atoms with Crippen LogP contribution in [0.25, 0.3) is 0 Å². The molecule has 2 heterocycles. The first-order valence-electron chi connectivity index (χ1n) is 10.3. The van der Waals surface area contributed by atoms with Gasteiger partial charge in [-0.2, -0.15) is 5.26 Å². The molecule has 154 valence electrons. The van der Waals surface area contributed by atoms with Crippen molar-refractivity contribution in [1.82, 2.24) is 21.3 Å². The fraction of sp³-hybridized carbons (Fsp3) is 0.800. The average molecular weight is 408 g/mol. The van der Waals surface area contributed by atoms with Crippen LogP contribution in [0.5, 0.6) is 0 Å². The Morgan fingerprint density at radius 3 is 2.86 bits per heavy atom. The minimum Gasteiger partial charge on any atom is -0.365 e. The van der Waals surface area contributed by atoms with Crippen molar-refractivity contribution in [2.24, 2.45) is 23.7 Å². The number of nitrogens with zero attached hydrogens (tertiary/aromatic N) is 1. The Bertz CT molecular complexity index is 676. The molecule has 0 radical (unpaired) electrons. The predicted molar refractivity (Wildman–Crippen MR) is 106 cm³/mol. The van der Waals surface area contributed by atoms with E-state index in [0.29, 0.717) is 18.4 Å². The zero-order valence-electron chi connectivity index (χ0n) is 16.5. The number of halogens is 1. The molecule has 2 aliphatic carbocycles. The Kier molecular flexibility index (Phi) is 5.96. The zero-order chi connectivity index (χ0) is 19.8. The lowest BCUT2D eigenvalue weighted by atomic mass is 9.73. The molecule has 1 amide bonds. The molecule has 28 heavy (non-hydrogen) atoms. The second-order valence-corrected chi connectivity index (χ2v) is 9.20. The molecule has 1 saturated heterocycles. The van der Waals surface area contributed by atoms with E-state index in [2.05, 4.69) is 33.4 Å². The summed E-state index contributed by atoms with van der Waals surface area (Å²) in [5.74, 6) is 1.37. The number of alkyl halides is 1. The van der Waals surface area contributed by atoms with E-state index in [1.54, 1.807) is 7.11 Å². The summed E-state index contributed by atoms with van der Waals surface area (Å²) in [5, 5.41) is 22.5. The topological polar surface area (TPSA) is 98.2 Å². The van der Waals surface area contributed by atoms with E-state index in [9.17, 15) is 10.1 Å². The van der Waals surface area contributed by atoms with Gasteiger partial charge in [-0.1, -0.05) is 6.08 Å². The molecule has 7 nitrogen and oxygen atoms in total. The molecule has 2 aliphatic heterocycles. The van der Waals surface area contributed by atoms with Gasteiger partial charge in [-0.3, -0.25) is 20.7 Å². The third-order valence-corrected chi connectivity index (χ3v) is 7.25. The number of methoxy groups -OCH3 is 1. The quantitative estimate of drug-likeness (QED) is 0.508. The summed E-state index contributed by atoms with van der Waals surface area (Å²) in [7, 11) is 1.59. The van der Waals surface area contributed by atoms with Crippen molar-refractivity contribution in [3.63, 3.8) is 0 Å². The molecule has 8 atom stereocenters. The van der Waals surface area contributed by atoms with Crippen molar-refractivity contribution in [2.45, 2.75) is 62.6 Å². The molecule has 0 aromatic heterocycles. The molecule has 0 spiro atoms. The summed E-state index contributed by atoms with van der Waals surface area (Å²) < 4.78 is 5.37. The molecule has 2 saturated carbocycles. The second-order valence-electron chi connectivity index (χ2n) is 8.64. The normalized spacial score (nSPS) is 42.0. The molecule has 8 heteroatoms. The van der Waals surface area contributed by atoms with Crippen LogP contribution in [0.3, 0.4) is 0 Å². The van der Waals surface area contributed by atoms with Gasteiger partial charge in [0, 0.05) is 36.7 Å². The number of hydrogen-bond acceptors (Lipinski definition) is 6. The maximum atomic E-state index is 12.8. The van der Waals surface area contributed by atoms with Gasteiger partial charge < -0.3 is 10.1 Å². The van der Waals surface area contributed by atoms with Gasteiger partial charge in [-0.25, -0.2) is 0 Å². The number of hydrogen-bond donors (Lipinski definition) is 4. The van der Waals surface area contributed by atoms with E-state index in [-0.39, 0.29) is 41.8 Å². The second kappa shape index (κ2) is 8.29. The highest BCUT2D eigenvalue weighted by atomic mass is 35.5. The van der Waals surface area contributed by atoms with Gasteiger partial charge >= 0.3 is 0 Å². The molecule has 7 unspecified atom stereocenters. The van der Waals surface area contributed by atoms with Crippen molar-refractivity contribution < 1.29 is 9.53 Å². The average Bonchev–Trinajstić information content (AvgIpc) is 3.52. The third-order valence-electron chi connectivity index (χ3n) is 6.75. The number of amides is 1. The lowest BCUT2D eigenvalue weighted by Crippen LogP contribution is -2.66. The molecule has 4 rings (SSSR count). The van der Waals surface area contributed by atoms with Gasteiger partial charge in [0.1, 0.15) is 12.5 Å². The molecule has 0 bridgehead atoms. The number of nitrogens with one attached hydrogen (secondary N) is 4. The van der Waals surface area contributed by atoms with Crippen LogP contribution in [0.1, 0.15) is 32.6 Å². The fourth-order valence-electron chi connectivity index (χ4n) is 4.96. The smallest absolute Gasteiger partial charge is 0.248 e. The van der Waals surface area contributed by atoms with E-state index in [0.717, 1.165) is 24.3 Å². The standard InChI is InChI=1S/C20H30ClN5O2/c1-10(24-20-23-9-13(8-22)19(26-20)28-2)14-5-12-6-16(21)15(11-3-4-11)7-17(12)25-18(14)27/h5,10-13,15-17,19-20,23-24,26H,3-4,6-7,9H2,1-2H3,(H,25,27)/t10-,12?,13?,15?,16?,17?,19?,20?/m0/s1. The molecule has 0 aromatic rings. The van der Waals surface area contributed by atoms with Gasteiger partial charge in [-0.05, 0) is 50.4 Å². The van der Waals surface area contributed by atoms with Crippen LogP contribution >= 0.6 is 11.6 Å². The Labute approximate surface area is 171 Å². The predicted octanol–water partition coefficient (Wildman–Crippen LogP) is 1.02. The van der Waals surface area contributed by atoms with Crippen LogP contribution in [0, 0.1) is 35.0 Å². The van der Waals surface area contributed by atoms with E-state index in [4.69, 9.17) is 16.3 Å². The lowest BCUT2D eigenvalue weighted by Gasteiger charge is -2.42. The van der Waals surface area contributed by atoms with Crippen molar-refractivity contribution in [2.75, 3.05) is 13.7 Å². The Morgan fingerprint density at radius 1 is 1.39 bits per heavy atom. The summed E-state index contributed by atoms with van der Waals surface area (Å²) in [6.07, 6.45) is 6.06. The van der Waals surface area contributed by atoms with E-state index in [1.807, 2.05) is 6.92 Å². The number of fused-ring (bicyclic) bond motifs is 1. The monoisotopic (exact) mass is 407 g/mol. The summed E-state index contributed by atoms with van der Waals surface area (Å²) in [5.41, 5.74) is 0.759. The van der Waals surface area contributed by atoms with Gasteiger partial charge in [0.15, 0.2) is 0 Å². The van der Waals surface area contributed by atoms with Gasteiger partial charge in [0.2, 0.25) is 5.91 Å². The van der Waals surface area contributed by atoms with E-state index >= 15 is 0 Å². The summed E-state index contributed by atoms with van der Waals surface area (Å²) >= 11 is 6.70. The van der Waals surface area contributed by atoms with Gasteiger partial charge in [0.25, 0.3) is 0 Å². The summed E-state index contributed by atoms with van der Waals surface area (Å²) in [6.45, 7) is 2.51. The van der Waals surface area contributed by atoms with E-state index < -0.39 is 0 Å². The van der Waals surface area contributed by atoms with Gasteiger partial charge in [-0.15, -0.1) is 11.6 Å². The first-order valence-corrected chi connectivity index (χ1v) is 10.8. The Morgan fingerprint density at radius 2 is 2.18 bits per heavy atom. The number of nitriles is 1. The molecular formula is C20H30ClN5O2. The van der Waals surface area contributed by atoms with Crippen LogP contribution in [0.2, 0.25) is 0 Å². The Balaban J connectivity index is 1.39. The molecule has 0 aromatic carbocycles. The van der Waals surface area contributed by atoms with Crippen molar-refractivity contribution in [3.05, 3.63) is 11.6 Å². The number of rotatable bonds is 5. The highest BCUT2D eigenvalue weighted by Crippen LogP contribution is 2.48. The van der Waals surface area contributed by atoms with Crippen LogP contribution in [0.4, 0.5) is 0 Å². The highest BCUT2D eigenvalue weighted by molar-refractivity contribution is 6.21. The van der Waals surface area contributed by atoms with Gasteiger partial charge in [0.05, 0.1) is 12.0 Å². The summed E-state index contributed by atoms with van der Waals surface area (Å²) in [6, 6.07) is 2.31. The molecule has 3 fully saturated rings. The fourth-order valence-corrected chi connectivity index (χ4v) is 5.47. The Hall–Kier alpha value is -1.17. The van der Waals surface area contributed by atoms with Crippen LogP contribution in [-0.2, 0) is 9.53 Å². The maximum absolute atomic E-state index is 12.8. The SMILES string of the molecule is COC1NC(N[C@@H](C)C2=CC3CC(Cl)C(C4CC4)CC3NC2=O)NCC1C#N. The minimum absolute atomic E-state index is 0.0119. The third kappa shape index (κ3) is 4.07. The van der Waals surface area contributed by atoms with Crippen LogP contribution < -0.4 is 21.3 Å². The molecule has 4 N–H and O–H groups in total. The van der Waals surface area contributed by atoms with Crippen molar-refractivity contribution in [3.8, 4) is 6.07 Å². The minimum atomic E-state index is -0.343. The lowest BCUT2D eigenvalue weighted by molar-refractivity contribution is -0.119. The first-order chi connectivity index (χ1) is 13.5. The number of carbonyl (C=O) groups excluding carboxylic acids is 1. The number of ether oxygens (including phenoxy) is 1. The van der Waals surface area contributed by atoms with Crippen LogP contribution in [-0.4, -0.2) is 49.5 Å². The first kappa shape index (κ1) is 20.1. The maximum Gasteiger partial charge on any atom is 0.248 e. The number of carbonyl (C=O) groups is 1. The highest BCUT2D eigenvalue weighted by Gasteiger charge is 2.45. The molecular weight excluding hydrogens is 378 g/mol. The largest absolute Gasteiger partial charge is 0.365 e. The van der Waals surface area contributed by atoms with Crippen LogP contribution in [0.15, 0.2) is 11.6 Å².